The summed E-state index contributed by atoms with van der Waals surface area (Å²) in [6.07, 6.45) is 2.39. The number of nitrogens with zero attached hydrogens (tertiary/aromatic N) is 1. The van der Waals surface area contributed by atoms with Gasteiger partial charge in [0.25, 0.3) is 7.28 Å². The van der Waals surface area contributed by atoms with Gasteiger partial charge in [0.1, 0.15) is 0 Å². The molecule has 1 atom stereocenters. The lowest BCUT2D eigenvalue weighted by atomic mass is 9.63. The topological polar surface area (TPSA) is 35.8 Å². The van der Waals surface area contributed by atoms with Crippen molar-refractivity contribution in [3.63, 3.8) is 0 Å². The highest BCUT2D eigenvalue weighted by Crippen LogP contribution is 2.13. The first-order chi connectivity index (χ1) is 4.43. The van der Waals surface area contributed by atoms with Gasteiger partial charge in [0.05, 0.1) is 0 Å². The van der Waals surface area contributed by atoms with E-state index in [4.69, 9.17) is 5.26 Å². The average molecular weight is 121 g/mol. The molecule has 47 valence electrons. The molecule has 1 N–H and O–H groups in total. The normalized spacial score (nSPS) is 26.8. The highest BCUT2D eigenvalue weighted by Gasteiger charge is 2.12. The molecule has 1 heterocycles. The van der Waals surface area contributed by atoms with Crippen molar-refractivity contribution in [2.75, 3.05) is 13.1 Å². The zero-order valence-electron chi connectivity index (χ0n) is 5.43. The molecule has 1 saturated heterocycles. The summed E-state index contributed by atoms with van der Waals surface area (Å²) in [6.45, 7) is 2.11. The lowest BCUT2D eigenvalue weighted by Crippen LogP contribution is -2.28. The summed E-state index contributed by atoms with van der Waals surface area (Å²) in [5, 5.41) is 11.5. The number of nitrogens with one attached hydrogen (secondary N) is 1. The Morgan fingerprint density at radius 1 is 1.67 bits per heavy atom. The van der Waals surface area contributed by atoms with E-state index in [1.54, 1.807) is 7.28 Å². The van der Waals surface area contributed by atoms with E-state index in [0.29, 0.717) is 5.82 Å². The van der Waals surface area contributed by atoms with Crippen LogP contribution in [0, 0.1) is 11.2 Å². The average Bonchev–Trinajstić information content (AvgIpc) is 1.91. The van der Waals surface area contributed by atoms with Crippen molar-refractivity contribution < 1.29 is 0 Å². The largest absolute Gasteiger partial charge is 0.317 e. The molecule has 1 rings (SSSR count). The van der Waals surface area contributed by atoms with Crippen LogP contribution in [0.25, 0.3) is 0 Å². The van der Waals surface area contributed by atoms with E-state index in [-0.39, 0.29) is 0 Å². The van der Waals surface area contributed by atoms with Crippen LogP contribution in [-0.4, -0.2) is 20.4 Å². The van der Waals surface area contributed by atoms with E-state index < -0.39 is 0 Å². The first-order valence-electron chi connectivity index (χ1n) is 3.37. The van der Waals surface area contributed by atoms with Gasteiger partial charge in [0.15, 0.2) is 0 Å². The third-order valence-electron chi connectivity index (χ3n) is 1.65. The quantitative estimate of drug-likeness (QED) is 0.508. The second-order valence-corrected chi connectivity index (χ2v) is 2.40. The van der Waals surface area contributed by atoms with Crippen molar-refractivity contribution >= 4 is 7.28 Å². The molecule has 9 heavy (non-hydrogen) atoms. The molecule has 0 spiro atoms. The summed E-state index contributed by atoms with van der Waals surface area (Å²) in [5.74, 6) is 2.58. The summed E-state index contributed by atoms with van der Waals surface area (Å²) in [7, 11) is 1.73. The Labute approximate surface area is 56.5 Å². The molecule has 0 bridgehead atoms. The molecule has 1 aliphatic heterocycles. The molecule has 1 fully saturated rings. The van der Waals surface area contributed by atoms with Crippen LogP contribution in [0.4, 0.5) is 0 Å². The van der Waals surface area contributed by atoms with E-state index in [2.05, 4.69) is 11.3 Å². The first-order valence-corrected chi connectivity index (χ1v) is 3.37. The Bertz CT molecular complexity index is 113. The Morgan fingerprint density at radius 3 is 3.11 bits per heavy atom. The maximum Gasteiger partial charge on any atom is 0.259 e. The molecule has 2 nitrogen and oxygen atoms in total. The monoisotopic (exact) mass is 121 g/mol. The summed E-state index contributed by atoms with van der Waals surface area (Å²) in [5.41, 5.74) is 0. The van der Waals surface area contributed by atoms with Crippen LogP contribution in [0.5, 0.6) is 0 Å². The smallest absolute Gasteiger partial charge is 0.259 e. The van der Waals surface area contributed by atoms with Gasteiger partial charge in [-0.15, -0.1) is 0 Å². The summed E-state index contributed by atoms with van der Waals surface area (Å²) in [4.78, 5) is 0. The molecule has 1 radical (unpaired) electrons. The van der Waals surface area contributed by atoms with Crippen molar-refractivity contribution in [3.8, 4) is 5.97 Å². The Balaban J connectivity index is 2.17. The minimum atomic E-state index is 0.503. The van der Waals surface area contributed by atoms with Crippen LogP contribution in [0.1, 0.15) is 12.8 Å². The van der Waals surface area contributed by atoms with Gasteiger partial charge in [-0.2, -0.15) is 0 Å². The maximum absolute atomic E-state index is 8.29. The molecule has 1 aliphatic rings. The Hall–Kier alpha value is -0.485. The lowest BCUT2D eigenvalue weighted by Gasteiger charge is -2.18. The predicted octanol–water partition coefficient (Wildman–Crippen LogP) is 0.344. The van der Waals surface area contributed by atoms with Crippen molar-refractivity contribution in [2.24, 2.45) is 0 Å². The summed E-state index contributed by atoms with van der Waals surface area (Å²) < 4.78 is 0. The summed E-state index contributed by atoms with van der Waals surface area (Å²) in [6, 6.07) is 0. The Morgan fingerprint density at radius 2 is 2.56 bits per heavy atom. The fourth-order valence-corrected chi connectivity index (χ4v) is 1.13. The SMILES string of the molecule is N#C[B]C1CCCNC1. The predicted molar refractivity (Wildman–Crippen MR) is 37.2 cm³/mol. The van der Waals surface area contributed by atoms with Crippen molar-refractivity contribution in [1.82, 2.24) is 5.32 Å². The van der Waals surface area contributed by atoms with Crippen molar-refractivity contribution in [2.45, 2.75) is 18.7 Å². The van der Waals surface area contributed by atoms with E-state index in [1.807, 2.05) is 0 Å². The van der Waals surface area contributed by atoms with Crippen LogP contribution in [0.2, 0.25) is 5.82 Å². The fraction of sp³-hybridized carbons (Fsp3) is 0.833. The molecule has 0 saturated carbocycles. The van der Waals surface area contributed by atoms with Crippen LogP contribution in [0.15, 0.2) is 0 Å². The highest BCUT2D eigenvalue weighted by molar-refractivity contribution is 6.47. The van der Waals surface area contributed by atoms with Gasteiger partial charge in [0, 0.05) is 0 Å². The molecular weight excluding hydrogens is 111 g/mol. The van der Waals surface area contributed by atoms with Crippen molar-refractivity contribution in [1.29, 1.82) is 5.26 Å². The molecule has 0 amide bonds. The lowest BCUT2D eigenvalue weighted by molar-refractivity contribution is 0.518. The zero-order valence-corrected chi connectivity index (χ0v) is 5.43. The van der Waals surface area contributed by atoms with Gasteiger partial charge in [-0.3, -0.25) is 0 Å². The highest BCUT2D eigenvalue weighted by atomic mass is 14.9. The van der Waals surface area contributed by atoms with E-state index in [0.717, 1.165) is 13.1 Å². The van der Waals surface area contributed by atoms with Crippen LogP contribution in [-0.2, 0) is 0 Å². The van der Waals surface area contributed by atoms with Crippen LogP contribution >= 0.6 is 0 Å². The van der Waals surface area contributed by atoms with Gasteiger partial charge in [0.2, 0.25) is 0 Å². The van der Waals surface area contributed by atoms with Crippen LogP contribution in [0.3, 0.4) is 0 Å². The fourth-order valence-electron chi connectivity index (χ4n) is 1.13. The van der Waals surface area contributed by atoms with Gasteiger partial charge < -0.3 is 5.32 Å². The molecule has 1 unspecified atom stereocenters. The molecule has 0 aromatic rings. The zero-order chi connectivity index (χ0) is 6.53. The Kier molecular flexibility index (Phi) is 2.60. The van der Waals surface area contributed by atoms with Gasteiger partial charge in [-0.05, 0) is 31.3 Å². The van der Waals surface area contributed by atoms with Gasteiger partial charge >= 0.3 is 0 Å². The molecule has 0 aromatic heterocycles. The molecule has 3 heteroatoms. The second kappa shape index (κ2) is 3.52. The molecular formula is C6H10BN2. The van der Waals surface area contributed by atoms with E-state index >= 15 is 0 Å². The maximum atomic E-state index is 8.29. The number of hydrogen-bond donors (Lipinski definition) is 1. The first kappa shape index (κ1) is 6.63. The van der Waals surface area contributed by atoms with E-state index in [1.165, 1.54) is 12.8 Å². The van der Waals surface area contributed by atoms with Gasteiger partial charge in [-0.25, -0.2) is 5.26 Å². The van der Waals surface area contributed by atoms with E-state index in [9.17, 15) is 0 Å². The number of hydrogen-bond acceptors (Lipinski definition) is 2. The second-order valence-electron chi connectivity index (χ2n) is 2.40. The minimum Gasteiger partial charge on any atom is -0.317 e. The number of piperidine rings is 1. The third-order valence-corrected chi connectivity index (χ3v) is 1.65. The minimum absolute atomic E-state index is 0.503. The standard InChI is InChI=1S/C6H10BN2/c8-5-7-6-2-1-3-9-4-6/h6,9H,1-4H2. The third kappa shape index (κ3) is 2.07. The van der Waals surface area contributed by atoms with Gasteiger partial charge in [-0.1, -0.05) is 6.42 Å². The number of rotatable bonds is 1. The summed E-state index contributed by atoms with van der Waals surface area (Å²) >= 11 is 0. The van der Waals surface area contributed by atoms with Crippen LogP contribution < -0.4 is 5.32 Å². The molecule has 0 aliphatic carbocycles. The molecule has 0 aromatic carbocycles. The van der Waals surface area contributed by atoms with Crippen molar-refractivity contribution in [3.05, 3.63) is 0 Å². The number of nitriles is 1.